The first kappa shape index (κ1) is 11.1. The first-order valence-corrected chi connectivity index (χ1v) is 5.42. The van der Waals surface area contributed by atoms with Crippen LogP contribution in [0.3, 0.4) is 0 Å². The first-order valence-electron chi connectivity index (χ1n) is 5.42. The Kier molecular flexibility index (Phi) is 3.06. The van der Waals surface area contributed by atoms with Crippen molar-refractivity contribution < 1.29 is 0 Å². The van der Waals surface area contributed by atoms with Gasteiger partial charge >= 0.3 is 0 Å². The molecule has 1 N–H and O–H groups in total. The highest BCUT2D eigenvalue weighted by atomic mass is 16.1. The topological polar surface area (TPSA) is 74.5 Å². The van der Waals surface area contributed by atoms with Crippen LogP contribution in [-0.2, 0) is 6.42 Å². The molecule has 2 aromatic heterocycles. The molecule has 0 unspecified atom stereocenters. The van der Waals surface area contributed by atoms with Gasteiger partial charge in [-0.15, -0.1) is 0 Å². The maximum atomic E-state index is 11.7. The second-order valence-electron chi connectivity index (χ2n) is 3.72. The van der Waals surface area contributed by atoms with Gasteiger partial charge in [-0.1, -0.05) is 13.3 Å². The minimum Gasteiger partial charge on any atom is -0.294 e. The van der Waals surface area contributed by atoms with Gasteiger partial charge in [0.05, 0.1) is 11.6 Å². The zero-order chi connectivity index (χ0) is 12.3. The van der Waals surface area contributed by atoms with E-state index >= 15 is 0 Å². The third-order valence-corrected chi connectivity index (χ3v) is 2.40. The van der Waals surface area contributed by atoms with E-state index in [1.807, 2.05) is 13.0 Å². The van der Waals surface area contributed by atoms with Gasteiger partial charge in [0.1, 0.15) is 0 Å². The molecule has 0 spiro atoms. The predicted molar refractivity (Wildman–Crippen MR) is 62.9 cm³/mol. The van der Waals surface area contributed by atoms with Gasteiger partial charge in [-0.3, -0.25) is 9.89 Å². The number of rotatable bonds is 3. The summed E-state index contributed by atoms with van der Waals surface area (Å²) >= 11 is 0. The van der Waals surface area contributed by atoms with Gasteiger partial charge < -0.3 is 0 Å². The molecule has 0 saturated heterocycles. The molecule has 2 aromatic rings. The van der Waals surface area contributed by atoms with E-state index in [9.17, 15) is 4.79 Å². The van der Waals surface area contributed by atoms with E-state index in [1.54, 1.807) is 18.2 Å². The maximum Gasteiger partial charge on any atom is 0.272 e. The summed E-state index contributed by atoms with van der Waals surface area (Å²) in [5.74, 6) is 0.441. The van der Waals surface area contributed by atoms with Crippen molar-refractivity contribution in [2.75, 3.05) is 0 Å². The zero-order valence-corrected chi connectivity index (χ0v) is 9.47. The summed E-state index contributed by atoms with van der Waals surface area (Å²) in [7, 11) is 0. The van der Waals surface area contributed by atoms with Crippen LogP contribution in [-0.4, -0.2) is 14.8 Å². The molecule has 0 saturated carbocycles. The van der Waals surface area contributed by atoms with Gasteiger partial charge in [-0.2, -0.15) is 5.26 Å². The average Bonchev–Trinajstić information content (AvgIpc) is 2.71. The number of H-pyrrole nitrogens is 1. The number of aromatic amines is 1. The molecule has 0 aliphatic carbocycles. The lowest BCUT2D eigenvalue weighted by Crippen LogP contribution is -2.14. The first-order chi connectivity index (χ1) is 8.24. The van der Waals surface area contributed by atoms with Crippen LogP contribution in [0.1, 0.15) is 24.6 Å². The molecule has 0 aromatic carbocycles. The zero-order valence-electron chi connectivity index (χ0n) is 9.47. The number of nitrogens with zero attached hydrogens (tertiary/aromatic N) is 3. The predicted octanol–water partition coefficient (Wildman–Crippen LogP) is 1.38. The Morgan fingerprint density at radius 3 is 3.06 bits per heavy atom. The highest BCUT2D eigenvalue weighted by molar-refractivity contribution is 5.35. The van der Waals surface area contributed by atoms with Crippen molar-refractivity contribution in [3.05, 3.63) is 46.0 Å². The van der Waals surface area contributed by atoms with Gasteiger partial charge in [0, 0.05) is 24.0 Å². The second kappa shape index (κ2) is 4.66. The number of hydrogen-bond donors (Lipinski definition) is 1. The summed E-state index contributed by atoms with van der Waals surface area (Å²) < 4.78 is 1.35. The molecule has 0 atom stereocenters. The number of nitrogens with one attached hydrogen (secondary N) is 1. The fraction of sp³-hybridized carbons (Fsp3) is 0.250. The Morgan fingerprint density at radius 1 is 1.53 bits per heavy atom. The van der Waals surface area contributed by atoms with E-state index in [1.165, 1.54) is 10.9 Å². The molecule has 0 aliphatic rings. The van der Waals surface area contributed by atoms with Gasteiger partial charge in [-0.25, -0.2) is 9.67 Å². The van der Waals surface area contributed by atoms with Gasteiger partial charge in [0.15, 0.2) is 5.82 Å². The van der Waals surface area contributed by atoms with Crippen LogP contribution < -0.4 is 5.56 Å². The Balaban J connectivity index is 2.46. The minimum absolute atomic E-state index is 0.156. The molecule has 0 amide bonds. The average molecular weight is 228 g/mol. The van der Waals surface area contributed by atoms with E-state index in [4.69, 9.17) is 5.26 Å². The minimum atomic E-state index is -0.156. The van der Waals surface area contributed by atoms with Crippen molar-refractivity contribution in [3.8, 4) is 11.9 Å². The SMILES string of the molecule is CCCc1cc(=O)n(-c2cc(C#N)ccn2)[nH]1. The molecule has 0 fully saturated rings. The quantitative estimate of drug-likeness (QED) is 0.862. The van der Waals surface area contributed by atoms with Crippen LogP contribution in [0.15, 0.2) is 29.2 Å². The third kappa shape index (κ3) is 2.26. The molecule has 0 aliphatic heterocycles. The van der Waals surface area contributed by atoms with Crippen LogP contribution >= 0.6 is 0 Å². The van der Waals surface area contributed by atoms with Gasteiger partial charge in [-0.05, 0) is 12.5 Å². The highest BCUT2D eigenvalue weighted by Crippen LogP contribution is 2.04. The van der Waals surface area contributed by atoms with Crippen molar-refractivity contribution in [2.45, 2.75) is 19.8 Å². The molecule has 17 heavy (non-hydrogen) atoms. The van der Waals surface area contributed by atoms with E-state index in [0.717, 1.165) is 18.5 Å². The fourth-order valence-corrected chi connectivity index (χ4v) is 1.62. The van der Waals surface area contributed by atoms with E-state index in [0.29, 0.717) is 11.4 Å². The standard InChI is InChI=1S/C12H12N4O/c1-2-3-10-7-12(17)16(15-10)11-6-9(8-13)4-5-14-11/h4-7,15H,2-3H2,1H3. The maximum absolute atomic E-state index is 11.7. The monoisotopic (exact) mass is 228 g/mol. The fourth-order valence-electron chi connectivity index (χ4n) is 1.62. The lowest BCUT2D eigenvalue weighted by Gasteiger charge is -2.00. The molecule has 2 heterocycles. The van der Waals surface area contributed by atoms with E-state index in [-0.39, 0.29) is 5.56 Å². The normalized spacial score (nSPS) is 10.1. The van der Waals surface area contributed by atoms with Crippen LogP contribution in [0.4, 0.5) is 0 Å². The molecule has 86 valence electrons. The smallest absolute Gasteiger partial charge is 0.272 e. The molecule has 0 radical (unpaired) electrons. The lowest BCUT2D eigenvalue weighted by molar-refractivity contribution is 0.775. The number of aryl methyl sites for hydroxylation is 1. The van der Waals surface area contributed by atoms with Crippen molar-refractivity contribution in [3.63, 3.8) is 0 Å². The van der Waals surface area contributed by atoms with Crippen LogP contribution in [0.25, 0.3) is 5.82 Å². The summed E-state index contributed by atoms with van der Waals surface area (Å²) in [6.45, 7) is 2.05. The Bertz CT molecular complexity index is 618. The van der Waals surface area contributed by atoms with Gasteiger partial charge in [0.2, 0.25) is 0 Å². The van der Waals surface area contributed by atoms with E-state index in [2.05, 4.69) is 10.1 Å². The van der Waals surface area contributed by atoms with Crippen LogP contribution in [0, 0.1) is 11.3 Å². The second-order valence-corrected chi connectivity index (χ2v) is 3.72. The summed E-state index contributed by atoms with van der Waals surface area (Å²) in [5, 5.41) is 11.8. The summed E-state index contributed by atoms with van der Waals surface area (Å²) in [6.07, 6.45) is 3.30. The number of pyridine rings is 1. The summed E-state index contributed by atoms with van der Waals surface area (Å²) in [4.78, 5) is 15.8. The lowest BCUT2D eigenvalue weighted by atomic mass is 10.3. The molecule has 5 heteroatoms. The van der Waals surface area contributed by atoms with Crippen LogP contribution in [0.5, 0.6) is 0 Å². The van der Waals surface area contributed by atoms with Crippen molar-refractivity contribution in [1.82, 2.24) is 14.8 Å². The van der Waals surface area contributed by atoms with Crippen molar-refractivity contribution in [1.29, 1.82) is 5.26 Å². The molecular formula is C12H12N4O. The Hall–Kier alpha value is -2.35. The number of aromatic nitrogens is 3. The summed E-state index contributed by atoms with van der Waals surface area (Å²) in [5.41, 5.74) is 1.20. The third-order valence-electron chi connectivity index (χ3n) is 2.40. The van der Waals surface area contributed by atoms with Crippen molar-refractivity contribution >= 4 is 0 Å². The number of nitriles is 1. The molecule has 5 nitrogen and oxygen atoms in total. The Morgan fingerprint density at radius 2 is 2.35 bits per heavy atom. The summed E-state index contributed by atoms with van der Waals surface area (Å²) in [6, 6.07) is 6.76. The van der Waals surface area contributed by atoms with Gasteiger partial charge in [0.25, 0.3) is 5.56 Å². The molecule has 2 rings (SSSR count). The van der Waals surface area contributed by atoms with Crippen LogP contribution in [0.2, 0.25) is 0 Å². The highest BCUT2D eigenvalue weighted by Gasteiger charge is 2.06. The number of hydrogen-bond acceptors (Lipinski definition) is 3. The molecule has 0 bridgehead atoms. The Labute approximate surface area is 98.3 Å². The molecular weight excluding hydrogens is 216 g/mol. The van der Waals surface area contributed by atoms with Crippen molar-refractivity contribution in [2.24, 2.45) is 0 Å². The van der Waals surface area contributed by atoms with E-state index < -0.39 is 0 Å². The largest absolute Gasteiger partial charge is 0.294 e.